The number of rotatable bonds is 4. The van der Waals surface area contributed by atoms with Crippen molar-refractivity contribution in [1.82, 2.24) is 23.9 Å². The van der Waals surface area contributed by atoms with Crippen LogP contribution < -0.4 is 5.69 Å². The summed E-state index contributed by atoms with van der Waals surface area (Å²) < 4.78 is 33.2. The molecule has 6 nitrogen and oxygen atoms in total. The lowest BCUT2D eigenvalue weighted by molar-refractivity contribution is 0.629. The largest absolute Gasteiger partial charge is 0.350 e. The van der Waals surface area contributed by atoms with Crippen LogP contribution in [0.25, 0.3) is 38.9 Å². The van der Waals surface area contributed by atoms with Gasteiger partial charge >= 0.3 is 5.69 Å². The average molecular weight is 406 g/mol. The first kappa shape index (κ1) is 18.4. The normalized spacial score (nSPS) is 11.7. The number of H-pyrrole nitrogens is 1. The molecule has 0 unspecified atom stereocenters. The molecule has 8 heteroatoms. The van der Waals surface area contributed by atoms with Crippen LogP contribution in [-0.4, -0.2) is 23.9 Å². The van der Waals surface area contributed by atoms with Crippen LogP contribution in [0.2, 0.25) is 0 Å². The number of aromatic amines is 1. The fourth-order valence-corrected chi connectivity index (χ4v) is 4.03. The number of fused-ring (bicyclic) bond motifs is 2. The van der Waals surface area contributed by atoms with E-state index in [4.69, 9.17) is 0 Å². The lowest BCUT2D eigenvalue weighted by atomic mass is 10.1. The first-order chi connectivity index (χ1) is 14.5. The number of benzene rings is 2. The van der Waals surface area contributed by atoms with Gasteiger partial charge in [-0.05, 0) is 42.8 Å². The minimum Gasteiger partial charge on any atom is -0.350 e. The van der Waals surface area contributed by atoms with Crippen LogP contribution in [-0.2, 0) is 13.6 Å². The summed E-state index contributed by atoms with van der Waals surface area (Å²) in [5, 5.41) is 7.91. The predicted molar refractivity (Wildman–Crippen MR) is 111 cm³/mol. The van der Waals surface area contributed by atoms with Gasteiger partial charge in [0.05, 0.1) is 11.2 Å². The number of nitrogens with zero attached hydrogens (tertiary/aromatic N) is 4. The molecule has 5 rings (SSSR count). The molecule has 3 heterocycles. The Kier molecular flexibility index (Phi) is 4.09. The summed E-state index contributed by atoms with van der Waals surface area (Å²) in [6.45, 7) is 4.50. The average Bonchev–Trinajstić information content (AvgIpc) is 3.35. The zero-order valence-electron chi connectivity index (χ0n) is 16.2. The van der Waals surface area contributed by atoms with Crippen molar-refractivity contribution in [3.05, 3.63) is 77.8 Å². The molecule has 0 spiro atoms. The molecule has 1 N–H and O–H groups in total. The van der Waals surface area contributed by atoms with Crippen molar-refractivity contribution in [2.24, 2.45) is 7.05 Å². The van der Waals surface area contributed by atoms with Gasteiger partial charge < -0.3 is 9.13 Å². The van der Waals surface area contributed by atoms with Crippen molar-refractivity contribution in [2.45, 2.75) is 13.0 Å². The fraction of sp³-hybridized carbons (Fsp3) is 0.136. The quantitative estimate of drug-likeness (QED) is 0.487. The van der Waals surface area contributed by atoms with Crippen molar-refractivity contribution in [1.29, 1.82) is 0 Å². The minimum absolute atomic E-state index is 0.328. The van der Waals surface area contributed by atoms with E-state index in [1.807, 2.05) is 16.2 Å². The third kappa shape index (κ3) is 2.67. The van der Waals surface area contributed by atoms with Gasteiger partial charge in [0.15, 0.2) is 5.82 Å². The van der Waals surface area contributed by atoms with Gasteiger partial charge in [0, 0.05) is 47.8 Å². The Balaban J connectivity index is 1.83. The van der Waals surface area contributed by atoms with Crippen LogP contribution in [0.3, 0.4) is 0 Å². The van der Waals surface area contributed by atoms with Crippen LogP contribution in [0, 0.1) is 18.6 Å². The molecule has 0 saturated heterocycles. The maximum Gasteiger partial charge on any atom is 0.348 e. The Labute approximate surface area is 170 Å². The van der Waals surface area contributed by atoms with E-state index in [1.165, 1.54) is 28.8 Å². The van der Waals surface area contributed by atoms with Crippen molar-refractivity contribution in [3.63, 3.8) is 0 Å². The predicted octanol–water partition coefficient (Wildman–Crippen LogP) is 4.18. The smallest absolute Gasteiger partial charge is 0.348 e. The monoisotopic (exact) mass is 406 g/mol. The summed E-state index contributed by atoms with van der Waals surface area (Å²) in [6, 6.07) is 8.95. The van der Waals surface area contributed by atoms with Gasteiger partial charge in [-0.2, -0.15) is 5.10 Å². The summed E-state index contributed by atoms with van der Waals surface area (Å²) in [5.74, 6) is -0.455. The van der Waals surface area contributed by atoms with Crippen LogP contribution in [0.1, 0.15) is 6.42 Å². The molecule has 0 saturated carbocycles. The molecule has 5 aromatic rings. The summed E-state index contributed by atoms with van der Waals surface area (Å²) in [4.78, 5) is 12.8. The molecule has 0 amide bonds. The molecule has 0 aliphatic heterocycles. The fourth-order valence-electron chi connectivity index (χ4n) is 4.03. The van der Waals surface area contributed by atoms with E-state index in [9.17, 15) is 13.6 Å². The molecular weight excluding hydrogens is 388 g/mol. The molecule has 1 radical (unpaired) electrons. The SMILES string of the molecule is [CH2]CCn1cc(-n2c(-c3cn(C)c4ccc(F)cc34)n[nH]c2=O)c2cc(F)ccc21. The van der Waals surface area contributed by atoms with E-state index < -0.39 is 11.5 Å². The van der Waals surface area contributed by atoms with E-state index >= 15 is 0 Å². The van der Waals surface area contributed by atoms with Gasteiger partial charge in [-0.1, -0.05) is 6.92 Å². The van der Waals surface area contributed by atoms with Gasteiger partial charge in [0.25, 0.3) is 0 Å². The highest BCUT2D eigenvalue weighted by Crippen LogP contribution is 2.32. The Morgan fingerprint density at radius 2 is 1.73 bits per heavy atom. The molecule has 0 atom stereocenters. The number of halogens is 2. The lowest BCUT2D eigenvalue weighted by Crippen LogP contribution is -2.15. The first-order valence-corrected chi connectivity index (χ1v) is 9.48. The standard InChI is InChI=1S/C22H18F2N5O/c1-3-8-28-12-20(16-10-14(24)5-7-19(16)28)29-21(25-26-22(29)30)17-11-27(2)18-6-4-13(23)9-15(17)18/h4-7,9-12H,1,3,8H2,2H3,(H,26,30). The number of nitrogens with one attached hydrogen (secondary N) is 1. The van der Waals surface area contributed by atoms with Gasteiger partial charge in [-0.25, -0.2) is 23.2 Å². The summed E-state index contributed by atoms with van der Waals surface area (Å²) in [6.07, 6.45) is 4.23. The molecule has 151 valence electrons. The third-order valence-electron chi connectivity index (χ3n) is 5.33. The number of aryl methyl sites for hydroxylation is 2. The van der Waals surface area contributed by atoms with Crippen LogP contribution in [0.15, 0.2) is 53.6 Å². The Hall–Kier alpha value is -3.68. The van der Waals surface area contributed by atoms with E-state index in [-0.39, 0.29) is 5.82 Å². The van der Waals surface area contributed by atoms with Crippen molar-refractivity contribution in [2.75, 3.05) is 0 Å². The Morgan fingerprint density at radius 3 is 2.47 bits per heavy atom. The van der Waals surface area contributed by atoms with Gasteiger partial charge in [-0.15, -0.1) is 0 Å². The van der Waals surface area contributed by atoms with Gasteiger partial charge in [0.2, 0.25) is 0 Å². The van der Waals surface area contributed by atoms with Crippen LogP contribution >= 0.6 is 0 Å². The molecule has 0 fully saturated rings. The zero-order chi connectivity index (χ0) is 21.0. The summed E-state index contributed by atoms with van der Waals surface area (Å²) in [5.41, 5.74) is 2.23. The maximum absolute atomic E-state index is 14.1. The molecule has 30 heavy (non-hydrogen) atoms. The highest BCUT2D eigenvalue weighted by molar-refractivity contribution is 5.96. The molecule has 2 aromatic carbocycles. The topological polar surface area (TPSA) is 60.5 Å². The molecule has 0 aliphatic carbocycles. The number of hydrogen-bond acceptors (Lipinski definition) is 2. The van der Waals surface area contributed by atoms with E-state index in [2.05, 4.69) is 17.1 Å². The Morgan fingerprint density at radius 1 is 1.03 bits per heavy atom. The summed E-state index contributed by atoms with van der Waals surface area (Å²) in [7, 11) is 1.84. The van der Waals surface area contributed by atoms with Gasteiger partial charge in [0.1, 0.15) is 11.6 Å². The second-order valence-electron chi connectivity index (χ2n) is 7.23. The lowest BCUT2D eigenvalue weighted by Gasteiger charge is -2.04. The van der Waals surface area contributed by atoms with Crippen molar-refractivity contribution in [3.8, 4) is 17.1 Å². The first-order valence-electron chi connectivity index (χ1n) is 9.48. The second-order valence-corrected chi connectivity index (χ2v) is 7.23. The zero-order valence-corrected chi connectivity index (χ0v) is 16.2. The van der Waals surface area contributed by atoms with E-state index in [0.717, 1.165) is 11.0 Å². The van der Waals surface area contributed by atoms with Crippen molar-refractivity contribution >= 4 is 21.8 Å². The van der Waals surface area contributed by atoms with E-state index in [1.54, 1.807) is 24.5 Å². The molecular formula is C22H18F2N5O. The third-order valence-corrected chi connectivity index (χ3v) is 5.33. The van der Waals surface area contributed by atoms with Crippen molar-refractivity contribution < 1.29 is 8.78 Å². The highest BCUT2D eigenvalue weighted by atomic mass is 19.1. The van der Waals surface area contributed by atoms with Crippen LogP contribution in [0.4, 0.5) is 8.78 Å². The van der Waals surface area contributed by atoms with Gasteiger partial charge in [-0.3, -0.25) is 0 Å². The maximum atomic E-state index is 14.1. The van der Waals surface area contributed by atoms with E-state index in [0.29, 0.717) is 40.8 Å². The summed E-state index contributed by atoms with van der Waals surface area (Å²) >= 11 is 0. The molecule has 3 aromatic heterocycles. The number of hydrogen-bond donors (Lipinski definition) is 1. The molecule has 0 aliphatic rings. The van der Waals surface area contributed by atoms with Crippen LogP contribution in [0.5, 0.6) is 0 Å². The molecule has 0 bridgehead atoms. The highest BCUT2D eigenvalue weighted by Gasteiger charge is 2.21. The minimum atomic E-state index is -0.462. The Bertz CT molecular complexity index is 1470. The number of aromatic nitrogens is 5. The second kappa shape index (κ2) is 6.69.